The molecule has 1 heterocycles. The highest BCUT2D eigenvalue weighted by Crippen LogP contribution is 2.35. The molecule has 1 unspecified atom stereocenters. The summed E-state index contributed by atoms with van der Waals surface area (Å²) in [5.41, 5.74) is 0.335. The largest absolute Gasteiger partial charge is 0.372 e. The summed E-state index contributed by atoms with van der Waals surface area (Å²) in [6.45, 7) is -0.508. The Bertz CT molecular complexity index is 341. The molecule has 96 valence electrons. The summed E-state index contributed by atoms with van der Waals surface area (Å²) in [5, 5.41) is 2.84. The molecule has 7 heteroatoms. The van der Waals surface area contributed by atoms with Gasteiger partial charge in [0.25, 0.3) is 6.43 Å². The number of carbonyl (C=O) groups excluding carboxylic acids is 1. The molecular formula is C10H15F2N2O2P. The minimum absolute atomic E-state index is 0.134. The first-order valence-corrected chi connectivity index (χ1v) is 6.16. The molecule has 2 rings (SSSR count). The highest BCUT2D eigenvalue weighted by molar-refractivity contribution is 7.41. The normalized spacial score (nSPS) is 33.1. The Kier molecular flexibility index (Phi) is 3.73. The van der Waals surface area contributed by atoms with Crippen molar-refractivity contribution in [3.05, 3.63) is 0 Å². The van der Waals surface area contributed by atoms with Crippen LogP contribution in [0.15, 0.2) is 4.99 Å². The fourth-order valence-corrected chi connectivity index (χ4v) is 2.83. The molecule has 1 atom stereocenters. The number of nitrogens with one attached hydrogen (secondary N) is 1. The van der Waals surface area contributed by atoms with Gasteiger partial charge in [0.2, 0.25) is 0 Å². The van der Waals surface area contributed by atoms with Gasteiger partial charge in [0.05, 0.1) is 17.1 Å². The van der Waals surface area contributed by atoms with Gasteiger partial charge in [-0.05, 0) is 25.7 Å². The lowest BCUT2D eigenvalue weighted by Gasteiger charge is -2.36. The van der Waals surface area contributed by atoms with Gasteiger partial charge in [-0.2, -0.15) is 4.99 Å². The Hall–Kier alpha value is -0.610. The van der Waals surface area contributed by atoms with Crippen molar-refractivity contribution in [3.63, 3.8) is 0 Å². The number of alkyl halides is 2. The SMILES string of the molecule is O=C1N=C(P)C2(CCC(OCC(F)F)CC2)N1. The van der Waals surface area contributed by atoms with Crippen molar-refractivity contribution >= 4 is 20.7 Å². The number of hydrogen-bond donors (Lipinski definition) is 1. The Labute approximate surface area is 100 Å². The van der Waals surface area contributed by atoms with Crippen LogP contribution < -0.4 is 5.32 Å². The molecular weight excluding hydrogens is 249 g/mol. The smallest absolute Gasteiger partial charge is 0.342 e. The van der Waals surface area contributed by atoms with Crippen molar-refractivity contribution in [2.24, 2.45) is 4.99 Å². The van der Waals surface area contributed by atoms with E-state index in [2.05, 4.69) is 19.5 Å². The number of amides is 2. The van der Waals surface area contributed by atoms with E-state index in [1.807, 2.05) is 0 Å². The Balaban J connectivity index is 1.86. The van der Waals surface area contributed by atoms with Crippen LogP contribution in [0.4, 0.5) is 13.6 Å². The molecule has 1 spiro atoms. The number of aliphatic imine (C=N–C) groups is 1. The molecule has 1 aliphatic heterocycles. The molecule has 2 aliphatic rings. The van der Waals surface area contributed by atoms with Crippen molar-refractivity contribution in [1.82, 2.24) is 5.32 Å². The molecule has 1 aliphatic carbocycles. The predicted octanol–water partition coefficient (Wildman–Crippen LogP) is 1.95. The van der Waals surface area contributed by atoms with Crippen LogP contribution >= 0.6 is 9.24 Å². The van der Waals surface area contributed by atoms with Crippen LogP contribution in [0.5, 0.6) is 0 Å². The first-order chi connectivity index (χ1) is 8.02. The summed E-state index contributed by atoms with van der Waals surface area (Å²) in [6.07, 6.45) is 0.158. The van der Waals surface area contributed by atoms with Gasteiger partial charge < -0.3 is 10.1 Å². The number of ether oxygens (including phenoxy) is 1. The van der Waals surface area contributed by atoms with Gasteiger partial charge in [0, 0.05) is 0 Å². The van der Waals surface area contributed by atoms with E-state index in [-0.39, 0.29) is 17.7 Å². The van der Waals surface area contributed by atoms with Crippen molar-refractivity contribution in [1.29, 1.82) is 0 Å². The van der Waals surface area contributed by atoms with Crippen molar-refractivity contribution in [2.45, 2.75) is 43.8 Å². The summed E-state index contributed by atoms with van der Waals surface area (Å²) in [5.74, 6) is 0. The maximum Gasteiger partial charge on any atom is 0.342 e. The lowest BCUT2D eigenvalue weighted by Crippen LogP contribution is -2.50. The predicted molar refractivity (Wildman–Crippen MR) is 62.6 cm³/mol. The number of nitrogens with zero attached hydrogens (tertiary/aromatic N) is 1. The zero-order valence-electron chi connectivity index (χ0n) is 9.29. The molecule has 0 saturated heterocycles. The summed E-state index contributed by atoms with van der Waals surface area (Å²) in [4.78, 5) is 15.0. The van der Waals surface area contributed by atoms with Crippen LogP contribution in [-0.4, -0.2) is 36.2 Å². The van der Waals surface area contributed by atoms with Gasteiger partial charge in [-0.15, -0.1) is 0 Å². The van der Waals surface area contributed by atoms with Crippen LogP contribution in [-0.2, 0) is 4.74 Å². The standard InChI is InChI=1S/C10H15F2N2O2P/c11-7(12)5-16-6-1-3-10(4-2-6)8(17)13-9(15)14-10/h6-7H,1-5,17H2,(H,14,15). The maximum atomic E-state index is 12.0. The molecule has 0 aromatic carbocycles. The Morgan fingerprint density at radius 1 is 1.53 bits per heavy atom. The van der Waals surface area contributed by atoms with Crippen molar-refractivity contribution < 1.29 is 18.3 Å². The van der Waals surface area contributed by atoms with Gasteiger partial charge in [-0.3, -0.25) is 0 Å². The van der Waals surface area contributed by atoms with E-state index in [0.717, 1.165) is 5.45 Å². The Morgan fingerprint density at radius 2 is 2.18 bits per heavy atom. The first-order valence-electron chi connectivity index (χ1n) is 5.58. The second-order valence-corrected chi connectivity index (χ2v) is 4.98. The topological polar surface area (TPSA) is 50.7 Å². The minimum atomic E-state index is -2.42. The summed E-state index contributed by atoms with van der Waals surface area (Å²) in [7, 11) is 2.48. The zero-order chi connectivity index (χ0) is 12.5. The molecule has 1 saturated carbocycles. The number of urea groups is 1. The molecule has 17 heavy (non-hydrogen) atoms. The summed E-state index contributed by atoms with van der Waals surface area (Å²) >= 11 is 0. The van der Waals surface area contributed by atoms with E-state index < -0.39 is 13.0 Å². The van der Waals surface area contributed by atoms with Gasteiger partial charge in [0.1, 0.15) is 6.61 Å². The fraction of sp³-hybridized carbons (Fsp3) is 0.800. The van der Waals surface area contributed by atoms with Crippen molar-refractivity contribution in [2.75, 3.05) is 6.61 Å². The van der Waals surface area contributed by atoms with E-state index >= 15 is 0 Å². The Morgan fingerprint density at radius 3 is 2.65 bits per heavy atom. The zero-order valence-corrected chi connectivity index (χ0v) is 10.4. The van der Waals surface area contributed by atoms with Crippen molar-refractivity contribution in [3.8, 4) is 0 Å². The van der Waals surface area contributed by atoms with E-state index in [0.29, 0.717) is 25.7 Å². The highest BCUT2D eigenvalue weighted by Gasteiger charge is 2.43. The molecule has 4 nitrogen and oxygen atoms in total. The second-order valence-electron chi connectivity index (χ2n) is 4.43. The van der Waals surface area contributed by atoms with Crippen LogP contribution in [0, 0.1) is 0 Å². The van der Waals surface area contributed by atoms with Gasteiger partial charge >= 0.3 is 6.03 Å². The highest BCUT2D eigenvalue weighted by atomic mass is 31.0. The lowest BCUT2D eigenvalue weighted by atomic mass is 9.81. The molecule has 1 N–H and O–H groups in total. The summed E-state index contributed by atoms with van der Waals surface area (Å²) in [6, 6.07) is -0.318. The van der Waals surface area contributed by atoms with E-state index in [1.165, 1.54) is 0 Å². The van der Waals surface area contributed by atoms with E-state index in [4.69, 9.17) is 4.74 Å². The van der Waals surface area contributed by atoms with Crippen LogP contribution in [0.3, 0.4) is 0 Å². The third kappa shape index (κ3) is 2.80. The molecule has 0 radical (unpaired) electrons. The fourth-order valence-electron chi connectivity index (χ4n) is 2.35. The van der Waals surface area contributed by atoms with Gasteiger partial charge in [-0.25, -0.2) is 13.6 Å². The lowest BCUT2D eigenvalue weighted by molar-refractivity contribution is -0.0410. The average molecular weight is 264 g/mol. The molecule has 0 bridgehead atoms. The van der Waals surface area contributed by atoms with Crippen LogP contribution in [0.2, 0.25) is 0 Å². The third-order valence-electron chi connectivity index (χ3n) is 3.30. The van der Waals surface area contributed by atoms with E-state index in [1.54, 1.807) is 0 Å². The first kappa shape index (κ1) is 12.8. The van der Waals surface area contributed by atoms with Gasteiger partial charge in [-0.1, -0.05) is 9.24 Å². The quantitative estimate of drug-likeness (QED) is 0.792. The number of hydrogen-bond acceptors (Lipinski definition) is 2. The number of carbonyl (C=O) groups is 1. The van der Waals surface area contributed by atoms with Gasteiger partial charge in [0.15, 0.2) is 0 Å². The maximum absolute atomic E-state index is 12.0. The minimum Gasteiger partial charge on any atom is -0.372 e. The number of halogens is 2. The van der Waals surface area contributed by atoms with Crippen LogP contribution in [0.1, 0.15) is 25.7 Å². The van der Waals surface area contributed by atoms with Crippen LogP contribution in [0.25, 0.3) is 0 Å². The average Bonchev–Trinajstić information content (AvgIpc) is 2.53. The molecule has 0 aromatic rings. The third-order valence-corrected chi connectivity index (χ3v) is 3.98. The summed E-state index contributed by atoms with van der Waals surface area (Å²) < 4.78 is 29.1. The molecule has 0 aromatic heterocycles. The monoisotopic (exact) mass is 264 g/mol. The molecule has 2 amide bonds. The molecule has 1 fully saturated rings. The van der Waals surface area contributed by atoms with E-state index in [9.17, 15) is 13.6 Å². The second kappa shape index (κ2) is 4.94. The number of rotatable bonds is 3.